The highest BCUT2D eigenvalue weighted by molar-refractivity contribution is 5.73. The van der Waals surface area contributed by atoms with E-state index in [4.69, 9.17) is 0 Å². The zero-order valence-corrected chi connectivity index (χ0v) is 8.84. The van der Waals surface area contributed by atoms with Gasteiger partial charge in [-0.25, -0.2) is 4.68 Å². The standard InChI is InChI=1S/C13H12N2O/c16-10-13(6-7-13)11-2-4-12(5-3-11)15-9-1-8-14-15/h1-5,8-10H,6-7H2. The minimum Gasteiger partial charge on any atom is -0.302 e. The quantitative estimate of drug-likeness (QED) is 0.730. The summed E-state index contributed by atoms with van der Waals surface area (Å²) in [5.41, 5.74) is 1.97. The Morgan fingerprint density at radius 3 is 2.50 bits per heavy atom. The molecule has 1 fully saturated rings. The van der Waals surface area contributed by atoms with Crippen LogP contribution in [0.2, 0.25) is 0 Å². The number of nitrogens with zero attached hydrogens (tertiary/aromatic N) is 2. The van der Waals surface area contributed by atoms with Gasteiger partial charge in [0, 0.05) is 12.4 Å². The van der Waals surface area contributed by atoms with Crippen molar-refractivity contribution in [3.05, 3.63) is 48.3 Å². The summed E-state index contributed by atoms with van der Waals surface area (Å²) in [4.78, 5) is 11.0. The Labute approximate surface area is 93.7 Å². The van der Waals surface area contributed by atoms with Crippen molar-refractivity contribution in [2.45, 2.75) is 18.3 Å². The van der Waals surface area contributed by atoms with Gasteiger partial charge in [-0.1, -0.05) is 12.1 Å². The average molecular weight is 212 g/mol. The van der Waals surface area contributed by atoms with Crippen LogP contribution in [0.4, 0.5) is 0 Å². The molecule has 0 atom stereocenters. The fourth-order valence-electron chi connectivity index (χ4n) is 1.98. The predicted octanol–water partition coefficient (Wildman–Crippen LogP) is 2.10. The van der Waals surface area contributed by atoms with E-state index in [9.17, 15) is 4.79 Å². The second kappa shape index (κ2) is 3.30. The first-order valence-corrected chi connectivity index (χ1v) is 5.41. The van der Waals surface area contributed by atoms with E-state index in [-0.39, 0.29) is 5.41 Å². The molecule has 16 heavy (non-hydrogen) atoms. The third kappa shape index (κ3) is 1.36. The van der Waals surface area contributed by atoms with Gasteiger partial charge in [0.2, 0.25) is 0 Å². The van der Waals surface area contributed by atoms with Crippen LogP contribution >= 0.6 is 0 Å². The molecule has 1 aromatic heterocycles. The van der Waals surface area contributed by atoms with E-state index in [1.165, 1.54) is 0 Å². The minimum atomic E-state index is -0.178. The second-order valence-electron chi connectivity index (χ2n) is 4.27. The van der Waals surface area contributed by atoms with E-state index in [0.717, 1.165) is 30.4 Å². The number of aromatic nitrogens is 2. The Balaban J connectivity index is 1.94. The molecule has 3 nitrogen and oxygen atoms in total. The van der Waals surface area contributed by atoms with Gasteiger partial charge >= 0.3 is 0 Å². The van der Waals surface area contributed by atoms with Gasteiger partial charge in [0.15, 0.2) is 0 Å². The highest BCUT2D eigenvalue weighted by atomic mass is 16.1. The zero-order valence-electron chi connectivity index (χ0n) is 8.84. The number of carbonyl (C=O) groups is 1. The summed E-state index contributed by atoms with van der Waals surface area (Å²) in [5, 5.41) is 4.16. The van der Waals surface area contributed by atoms with E-state index < -0.39 is 0 Å². The van der Waals surface area contributed by atoms with Crippen LogP contribution in [0.25, 0.3) is 5.69 Å². The third-order valence-electron chi connectivity index (χ3n) is 3.23. The molecule has 0 bridgehead atoms. The first kappa shape index (κ1) is 9.33. The number of benzene rings is 1. The van der Waals surface area contributed by atoms with Crippen molar-refractivity contribution in [1.29, 1.82) is 0 Å². The predicted molar refractivity (Wildman–Crippen MR) is 60.5 cm³/mol. The minimum absolute atomic E-state index is 0.178. The lowest BCUT2D eigenvalue weighted by atomic mass is 9.98. The summed E-state index contributed by atoms with van der Waals surface area (Å²) in [5.74, 6) is 0. The number of hydrogen-bond acceptors (Lipinski definition) is 2. The van der Waals surface area contributed by atoms with Crippen LogP contribution in [0.5, 0.6) is 0 Å². The summed E-state index contributed by atoms with van der Waals surface area (Å²) < 4.78 is 1.81. The molecule has 3 heteroatoms. The molecule has 0 amide bonds. The number of carbonyl (C=O) groups excluding carboxylic acids is 1. The fourth-order valence-corrected chi connectivity index (χ4v) is 1.98. The van der Waals surface area contributed by atoms with Crippen molar-refractivity contribution in [2.75, 3.05) is 0 Å². The first-order chi connectivity index (χ1) is 7.84. The number of rotatable bonds is 3. The molecule has 1 heterocycles. The molecule has 0 saturated heterocycles. The van der Waals surface area contributed by atoms with Crippen LogP contribution in [-0.4, -0.2) is 16.1 Å². The molecule has 0 N–H and O–H groups in total. The average Bonchev–Trinajstić information content (AvgIpc) is 2.96. The van der Waals surface area contributed by atoms with Gasteiger partial charge in [-0.3, -0.25) is 0 Å². The molecular weight excluding hydrogens is 200 g/mol. The molecule has 80 valence electrons. The molecule has 0 spiro atoms. The lowest BCUT2D eigenvalue weighted by Crippen LogP contribution is -2.07. The van der Waals surface area contributed by atoms with Gasteiger partial charge in [0.25, 0.3) is 0 Å². The second-order valence-corrected chi connectivity index (χ2v) is 4.27. The van der Waals surface area contributed by atoms with E-state index in [0.29, 0.717) is 0 Å². The molecule has 2 aromatic rings. The lowest BCUT2D eigenvalue weighted by molar-refractivity contribution is -0.109. The van der Waals surface area contributed by atoms with Crippen LogP contribution in [0, 0.1) is 0 Å². The van der Waals surface area contributed by atoms with Crippen molar-refractivity contribution < 1.29 is 4.79 Å². The maximum Gasteiger partial charge on any atom is 0.130 e. The summed E-state index contributed by atoms with van der Waals surface area (Å²) in [6.45, 7) is 0. The van der Waals surface area contributed by atoms with Gasteiger partial charge in [0.1, 0.15) is 6.29 Å². The van der Waals surface area contributed by atoms with Crippen molar-refractivity contribution in [3.8, 4) is 5.69 Å². The third-order valence-corrected chi connectivity index (χ3v) is 3.23. The molecule has 1 aromatic carbocycles. The molecule has 3 rings (SSSR count). The molecule has 1 saturated carbocycles. The summed E-state index contributed by atoms with van der Waals surface area (Å²) in [6.07, 6.45) is 6.70. The van der Waals surface area contributed by atoms with Crippen molar-refractivity contribution >= 4 is 6.29 Å². The van der Waals surface area contributed by atoms with Crippen molar-refractivity contribution in [3.63, 3.8) is 0 Å². The molecule has 0 radical (unpaired) electrons. The molecule has 0 aliphatic heterocycles. The Bertz CT molecular complexity index is 495. The largest absolute Gasteiger partial charge is 0.302 e. The maximum atomic E-state index is 11.0. The molecule has 0 unspecified atom stereocenters. The number of aldehydes is 1. The van der Waals surface area contributed by atoms with E-state index in [1.54, 1.807) is 6.20 Å². The molecule has 1 aliphatic rings. The van der Waals surface area contributed by atoms with Crippen LogP contribution in [0.1, 0.15) is 18.4 Å². The van der Waals surface area contributed by atoms with Crippen LogP contribution in [0.3, 0.4) is 0 Å². The van der Waals surface area contributed by atoms with Crippen molar-refractivity contribution in [2.24, 2.45) is 0 Å². The van der Waals surface area contributed by atoms with Crippen LogP contribution < -0.4 is 0 Å². The van der Waals surface area contributed by atoms with Crippen LogP contribution in [0.15, 0.2) is 42.7 Å². The SMILES string of the molecule is O=CC1(c2ccc(-n3cccn3)cc2)CC1. The van der Waals surface area contributed by atoms with E-state index >= 15 is 0 Å². The highest BCUT2D eigenvalue weighted by Gasteiger charge is 2.44. The van der Waals surface area contributed by atoms with Gasteiger partial charge in [-0.2, -0.15) is 5.10 Å². The Morgan fingerprint density at radius 2 is 2.00 bits per heavy atom. The van der Waals surface area contributed by atoms with E-state index in [2.05, 4.69) is 5.10 Å². The maximum absolute atomic E-state index is 11.0. The highest BCUT2D eigenvalue weighted by Crippen LogP contribution is 2.46. The Kier molecular flexibility index (Phi) is 1.93. The topological polar surface area (TPSA) is 34.9 Å². The summed E-state index contributed by atoms with van der Waals surface area (Å²) >= 11 is 0. The van der Waals surface area contributed by atoms with Gasteiger partial charge in [-0.05, 0) is 36.6 Å². The van der Waals surface area contributed by atoms with Crippen LogP contribution in [-0.2, 0) is 10.2 Å². The Morgan fingerprint density at radius 1 is 1.25 bits per heavy atom. The normalized spacial score (nSPS) is 17.0. The molecule has 1 aliphatic carbocycles. The fraction of sp³-hybridized carbons (Fsp3) is 0.231. The smallest absolute Gasteiger partial charge is 0.130 e. The van der Waals surface area contributed by atoms with Gasteiger partial charge in [0.05, 0.1) is 11.1 Å². The molecular formula is C13H12N2O. The van der Waals surface area contributed by atoms with Gasteiger partial charge in [-0.15, -0.1) is 0 Å². The first-order valence-electron chi connectivity index (χ1n) is 5.41. The monoisotopic (exact) mass is 212 g/mol. The van der Waals surface area contributed by atoms with Crippen molar-refractivity contribution in [1.82, 2.24) is 9.78 Å². The summed E-state index contributed by atoms with van der Waals surface area (Å²) in [6, 6.07) is 9.95. The number of hydrogen-bond donors (Lipinski definition) is 0. The Hall–Kier alpha value is -1.90. The summed E-state index contributed by atoms with van der Waals surface area (Å²) in [7, 11) is 0. The van der Waals surface area contributed by atoms with Gasteiger partial charge < -0.3 is 4.79 Å². The van der Waals surface area contributed by atoms with E-state index in [1.807, 2.05) is 41.2 Å². The lowest BCUT2D eigenvalue weighted by Gasteiger charge is -2.08. The zero-order chi connectivity index (χ0) is 11.0.